The van der Waals surface area contributed by atoms with Crippen LogP contribution in [0.3, 0.4) is 0 Å². The lowest BCUT2D eigenvalue weighted by Crippen LogP contribution is -2.25. The minimum atomic E-state index is -0.211. The molecular formula is C24H34BrF. The van der Waals surface area contributed by atoms with Gasteiger partial charge in [0.1, 0.15) is 0 Å². The van der Waals surface area contributed by atoms with Crippen molar-refractivity contribution >= 4 is 15.9 Å². The number of allylic oxidation sites excluding steroid dienone is 2. The third-order valence-electron chi connectivity index (χ3n) is 6.81. The Labute approximate surface area is 167 Å². The molecule has 2 heteroatoms. The molecule has 2 fully saturated rings. The van der Waals surface area contributed by atoms with Gasteiger partial charge in [-0.3, -0.25) is 4.39 Å². The summed E-state index contributed by atoms with van der Waals surface area (Å²) in [6.07, 6.45) is 18.8. The van der Waals surface area contributed by atoms with Crippen LogP contribution in [-0.2, 0) is 6.42 Å². The molecule has 144 valence electrons. The van der Waals surface area contributed by atoms with Crippen LogP contribution >= 0.6 is 15.9 Å². The summed E-state index contributed by atoms with van der Waals surface area (Å²) in [6.45, 7) is -0.211. The summed E-state index contributed by atoms with van der Waals surface area (Å²) in [6, 6.07) is 8.84. The van der Waals surface area contributed by atoms with Gasteiger partial charge in [0.05, 0.1) is 6.67 Å². The van der Waals surface area contributed by atoms with Crippen LogP contribution in [0, 0.1) is 23.7 Å². The number of hydrogen-bond acceptors (Lipinski definition) is 0. The Morgan fingerprint density at radius 3 is 2.12 bits per heavy atom. The van der Waals surface area contributed by atoms with Gasteiger partial charge in [-0.15, -0.1) is 0 Å². The molecule has 3 rings (SSSR count). The largest absolute Gasteiger partial charge is 0.251 e. The van der Waals surface area contributed by atoms with Gasteiger partial charge >= 0.3 is 0 Å². The van der Waals surface area contributed by atoms with E-state index in [2.05, 4.69) is 52.3 Å². The van der Waals surface area contributed by atoms with Crippen LogP contribution in [0.5, 0.6) is 0 Å². The lowest BCUT2D eigenvalue weighted by Gasteiger charge is -2.37. The Morgan fingerprint density at radius 2 is 1.50 bits per heavy atom. The highest BCUT2D eigenvalue weighted by Gasteiger charge is 2.30. The number of alkyl halides is 1. The molecule has 0 atom stereocenters. The van der Waals surface area contributed by atoms with Crippen LogP contribution < -0.4 is 0 Å². The van der Waals surface area contributed by atoms with Crippen molar-refractivity contribution in [1.82, 2.24) is 0 Å². The molecule has 0 heterocycles. The van der Waals surface area contributed by atoms with Crippen molar-refractivity contribution in [3.63, 3.8) is 0 Å². The average molecular weight is 421 g/mol. The van der Waals surface area contributed by atoms with Crippen molar-refractivity contribution in [2.24, 2.45) is 23.7 Å². The summed E-state index contributed by atoms with van der Waals surface area (Å²) in [7, 11) is 0. The van der Waals surface area contributed by atoms with Gasteiger partial charge < -0.3 is 0 Å². The van der Waals surface area contributed by atoms with E-state index >= 15 is 0 Å². The second-order valence-electron chi connectivity index (χ2n) is 8.53. The molecule has 2 aliphatic carbocycles. The maximum atomic E-state index is 12.2. The van der Waals surface area contributed by atoms with E-state index in [1.165, 1.54) is 74.2 Å². The van der Waals surface area contributed by atoms with Crippen LogP contribution in [0.1, 0.15) is 69.8 Å². The zero-order valence-corrected chi connectivity index (χ0v) is 17.6. The fourth-order valence-electron chi connectivity index (χ4n) is 5.13. The Balaban J connectivity index is 1.34. The second kappa shape index (κ2) is 10.6. The normalized spacial score (nSPS) is 29.9. The molecule has 2 aliphatic rings. The minimum absolute atomic E-state index is 0.211. The summed E-state index contributed by atoms with van der Waals surface area (Å²) in [5.41, 5.74) is 1.48. The molecule has 0 unspecified atom stereocenters. The van der Waals surface area contributed by atoms with E-state index in [0.717, 1.165) is 23.7 Å². The Bertz CT molecular complexity index is 534. The monoisotopic (exact) mass is 420 g/mol. The van der Waals surface area contributed by atoms with E-state index in [-0.39, 0.29) is 6.67 Å². The second-order valence-corrected chi connectivity index (χ2v) is 9.44. The van der Waals surface area contributed by atoms with Crippen molar-refractivity contribution in [2.45, 2.75) is 70.6 Å². The lowest BCUT2D eigenvalue weighted by molar-refractivity contribution is 0.152. The zero-order valence-electron chi connectivity index (χ0n) is 16.0. The number of aryl methyl sites for hydroxylation is 1. The lowest BCUT2D eigenvalue weighted by atomic mass is 9.68. The van der Waals surface area contributed by atoms with Gasteiger partial charge in [-0.1, -0.05) is 53.1 Å². The molecule has 0 nitrogen and oxygen atoms in total. The molecule has 0 aliphatic heterocycles. The number of hydrogen-bond donors (Lipinski definition) is 0. The summed E-state index contributed by atoms with van der Waals surface area (Å²) in [5.74, 6) is 3.61. The van der Waals surface area contributed by atoms with Gasteiger partial charge in [0.15, 0.2) is 0 Å². The maximum Gasteiger partial charge on any atom is 0.0928 e. The molecule has 0 radical (unpaired) electrons. The Morgan fingerprint density at radius 1 is 0.885 bits per heavy atom. The van der Waals surface area contributed by atoms with E-state index < -0.39 is 0 Å². The molecular weight excluding hydrogens is 387 g/mol. The van der Waals surface area contributed by atoms with Crippen LogP contribution in [0.15, 0.2) is 40.9 Å². The first-order valence-corrected chi connectivity index (χ1v) is 11.5. The molecule has 0 N–H and O–H groups in total. The fraction of sp³-hybridized carbons (Fsp3) is 0.667. The average Bonchev–Trinajstić information content (AvgIpc) is 2.69. The third-order valence-corrected chi connectivity index (χ3v) is 7.34. The van der Waals surface area contributed by atoms with Crippen molar-refractivity contribution in [3.05, 3.63) is 46.5 Å². The van der Waals surface area contributed by atoms with E-state index in [1.807, 2.05) is 0 Å². The Kier molecular flexibility index (Phi) is 8.23. The predicted octanol–water partition coefficient (Wildman–Crippen LogP) is 7.91. The summed E-state index contributed by atoms with van der Waals surface area (Å²) in [5, 5.41) is 0. The van der Waals surface area contributed by atoms with Crippen molar-refractivity contribution in [2.75, 3.05) is 6.67 Å². The first-order chi connectivity index (χ1) is 12.7. The number of halogens is 2. The minimum Gasteiger partial charge on any atom is -0.251 e. The molecule has 0 saturated heterocycles. The van der Waals surface area contributed by atoms with Crippen molar-refractivity contribution in [1.29, 1.82) is 0 Å². The quantitative estimate of drug-likeness (QED) is 0.393. The van der Waals surface area contributed by atoms with Gasteiger partial charge in [0.25, 0.3) is 0 Å². The van der Waals surface area contributed by atoms with Gasteiger partial charge in [-0.2, -0.15) is 0 Å². The van der Waals surface area contributed by atoms with Crippen LogP contribution in [-0.4, -0.2) is 6.67 Å². The van der Waals surface area contributed by atoms with Crippen LogP contribution in [0.2, 0.25) is 0 Å². The predicted molar refractivity (Wildman–Crippen MR) is 113 cm³/mol. The molecule has 0 spiro atoms. The maximum absolute atomic E-state index is 12.2. The van der Waals surface area contributed by atoms with E-state index in [0.29, 0.717) is 6.42 Å². The SMILES string of the molecule is FCCC=CC1CCC(C2CCC(CCc3ccc(Br)cc3)CC2)CC1. The highest BCUT2D eigenvalue weighted by atomic mass is 79.9. The molecule has 1 aromatic rings. The van der Waals surface area contributed by atoms with Crippen LogP contribution in [0.4, 0.5) is 4.39 Å². The molecule has 0 amide bonds. The first-order valence-electron chi connectivity index (χ1n) is 10.7. The van der Waals surface area contributed by atoms with Crippen LogP contribution in [0.25, 0.3) is 0 Å². The van der Waals surface area contributed by atoms with Gasteiger partial charge in [-0.05, 0) is 99.2 Å². The summed E-state index contributed by atoms with van der Waals surface area (Å²) < 4.78 is 13.4. The molecule has 26 heavy (non-hydrogen) atoms. The highest BCUT2D eigenvalue weighted by molar-refractivity contribution is 9.10. The zero-order chi connectivity index (χ0) is 18.2. The first kappa shape index (κ1) is 20.1. The topological polar surface area (TPSA) is 0 Å². The molecule has 0 bridgehead atoms. The summed E-state index contributed by atoms with van der Waals surface area (Å²) >= 11 is 3.52. The molecule has 1 aromatic carbocycles. The molecule has 2 saturated carbocycles. The standard InChI is InChI=1S/C24H34BrF/c25-24-16-10-21(11-17-24)5-4-20-8-14-23(15-9-20)22-12-6-19(7-13-22)3-1-2-18-26/h1,3,10-11,16-17,19-20,22-23H,2,4-9,12-15,18H2. The van der Waals surface area contributed by atoms with Gasteiger partial charge in [0.2, 0.25) is 0 Å². The van der Waals surface area contributed by atoms with Gasteiger partial charge in [0, 0.05) is 4.47 Å². The number of benzene rings is 1. The van der Waals surface area contributed by atoms with Crippen molar-refractivity contribution < 1.29 is 4.39 Å². The van der Waals surface area contributed by atoms with E-state index in [9.17, 15) is 4.39 Å². The highest BCUT2D eigenvalue weighted by Crippen LogP contribution is 2.42. The Hall–Kier alpha value is -0.630. The van der Waals surface area contributed by atoms with Gasteiger partial charge in [-0.25, -0.2) is 0 Å². The third kappa shape index (κ3) is 6.22. The number of rotatable bonds is 7. The fourth-order valence-corrected chi connectivity index (χ4v) is 5.40. The van der Waals surface area contributed by atoms with E-state index in [1.54, 1.807) is 0 Å². The molecule has 0 aromatic heterocycles. The van der Waals surface area contributed by atoms with E-state index in [4.69, 9.17) is 0 Å². The van der Waals surface area contributed by atoms with Crippen molar-refractivity contribution in [3.8, 4) is 0 Å². The smallest absolute Gasteiger partial charge is 0.0928 e. The summed E-state index contributed by atoms with van der Waals surface area (Å²) in [4.78, 5) is 0.